The summed E-state index contributed by atoms with van der Waals surface area (Å²) in [5.41, 5.74) is 1.05. The molecule has 9 heteroatoms. The highest BCUT2D eigenvalue weighted by Crippen LogP contribution is 2.17. The molecular formula is C20H26N4O4S. The first-order valence-electron chi connectivity index (χ1n) is 9.07. The van der Waals surface area contributed by atoms with Crippen LogP contribution >= 0.6 is 0 Å². The summed E-state index contributed by atoms with van der Waals surface area (Å²) in [7, 11) is -0.645. The topological polar surface area (TPSA) is 108 Å². The van der Waals surface area contributed by atoms with E-state index in [1.165, 1.54) is 38.4 Å². The maximum atomic E-state index is 12.7. The summed E-state index contributed by atoms with van der Waals surface area (Å²) in [6, 6.07) is 13.5. The van der Waals surface area contributed by atoms with Gasteiger partial charge in [0.25, 0.3) is 0 Å². The first-order chi connectivity index (χ1) is 13.6. The summed E-state index contributed by atoms with van der Waals surface area (Å²) in [6.07, 6.45) is 0. The lowest BCUT2D eigenvalue weighted by Gasteiger charge is -2.22. The smallest absolute Gasteiger partial charge is 0.319 e. The lowest BCUT2D eigenvalue weighted by molar-refractivity contribution is -0.118. The van der Waals surface area contributed by atoms with E-state index in [0.29, 0.717) is 11.4 Å². The number of para-hydroxylation sites is 1. The maximum absolute atomic E-state index is 12.7. The second-order valence-electron chi connectivity index (χ2n) is 6.99. The number of nitrogens with zero attached hydrogens (tertiary/aromatic N) is 1. The second kappa shape index (κ2) is 9.53. The number of amides is 3. The molecule has 0 aliphatic rings. The van der Waals surface area contributed by atoms with E-state index in [2.05, 4.69) is 16.0 Å². The van der Waals surface area contributed by atoms with Crippen molar-refractivity contribution in [3.63, 3.8) is 0 Å². The zero-order chi connectivity index (χ0) is 21.6. The Bertz CT molecular complexity index is 942. The van der Waals surface area contributed by atoms with Crippen LogP contribution in [0.15, 0.2) is 59.5 Å². The van der Waals surface area contributed by atoms with E-state index in [1.807, 2.05) is 19.9 Å². The Labute approximate surface area is 171 Å². The van der Waals surface area contributed by atoms with Crippen molar-refractivity contribution in [3.05, 3.63) is 54.6 Å². The normalized spacial score (nSPS) is 12.5. The minimum absolute atomic E-state index is 0.126. The molecule has 0 radical (unpaired) electrons. The van der Waals surface area contributed by atoms with Crippen LogP contribution in [0.1, 0.15) is 13.8 Å². The Balaban J connectivity index is 2.05. The van der Waals surface area contributed by atoms with Gasteiger partial charge >= 0.3 is 6.03 Å². The van der Waals surface area contributed by atoms with Gasteiger partial charge in [0.1, 0.15) is 6.04 Å². The van der Waals surface area contributed by atoms with Gasteiger partial charge in [-0.25, -0.2) is 17.5 Å². The molecule has 0 fully saturated rings. The number of carbonyl (C=O) groups excluding carboxylic acids is 2. The number of anilines is 2. The zero-order valence-corrected chi connectivity index (χ0v) is 17.7. The Kier molecular flexibility index (Phi) is 7.35. The van der Waals surface area contributed by atoms with Crippen molar-refractivity contribution in [1.29, 1.82) is 0 Å². The van der Waals surface area contributed by atoms with Crippen molar-refractivity contribution in [2.75, 3.05) is 24.7 Å². The number of benzene rings is 2. The monoisotopic (exact) mass is 418 g/mol. The standard InChI is InChI=1S/C20H26N4O4S/c1-14(2)18(23-20(26)22-15-8-6-5-7-9-15)19(25)21-16-10-12-17(13-11-16)29(27,28)24(3)4/h5-14,18H,1-4H3,(H,21,25)(H2,22,23,26)/t18-/m0/s1. The molecule has 0 aliphatic carbocycles. The van der Waals surface area contributed by atoms with Gasteiger partial charge in [-0.05, 0) is 42.3 Å². The molecule has 156 valence electrons. The van der Waals surface area contributed by atoms with Gasteiger partial charge in [-0.1, -0.05) is 32.0 Å². The van der Waals surface area contributed by atoms with Crippen LogP contribution in [0.2, 0.25) is 0 Å². The number of hydrogen-bond donors (Lipinski definition) is 3. The van der Waals surface area contributed by atoms with Crippen molar-refractivity contribution < 1.29 is 18.0 Å². The van der Waals surface area contributed by atoms with Crippen LogP contribution < -0.4 is 16.0 Å². The zero-order valence-electron chi connectivity index (χ0n) is 16.8. The fraction of sp³-hybridized carbons (Fsp3) is 0.300. The molecule has 0 spiro atoms. The first-order valence-corrected chi connectivity index (χ1v) is 10.5. The minimum Gasteiger partial charge on any atom is -0.326 e. The van der Waals surface area contributed by atoms with Crippen LogP contribution in [-0.4, -0.2) is 44.8 Å². The summed E-state index contributed by atoms with van der Waals surface area (Å²) in [6.45, 7) is 3.64. The molecule has 2 aromatic rings. The second-order valence-corrected chi connectivity index (χ2v) is 9.14. The predicted molar refractivity (Wildman–Crippen MR) is 113 cm³/mol. The molecule has 0 bridgehead atoms. The van der Waals surface area contributed by atoms with E-state index in [9.17, 15) is 18.0 Å². The number of nitrogens with one attached hydrogen (secondary N) is 3. The maximum Gasteiger partial charge on any atom is 0.319 e. The largest absolute Gasteiger partial charge is 0.326 e. The Hall–Kier alpha value is -2.91. The van der Waals surface area contributed by atoms with Crippen LogP contribution in [0.25, 0.3) is 0 Å². The summed E-state index contributed by atoms with van der Waals surface area (Å²) in [5.74, 6) is -0.559. The van der Waals surface area contributed by atoms with E-state index in [1.54, 1.807) is 24.3 Å². The van der Waals surface area contributed by atoms with Crippen molar-refractivity contribution in [1.82, 2.24) is 9.62 Å². The SMILES string of the molecule is CC(C)[C@H](NC(=O)Nc1ccccc1)C(=O)Nc1ccc(S(=O)(=O)N(C)C)cc1. The van der Waals surface area contributed by atoms with Crippen LogP contribution in [0.3, 0.4) is 0 Å². The van der Waals surface area contributed by atoms with E-state index < -0.39 is 28.0 Å². The minimum atomic E-state index is -3.54. The summed E-state index contributed by atoms with van der Waals surface area (Å²) >= 11 is 0. The molecule has 0 aliphatic heterocycles. The Morgan fingerprint density at radius 2 is 1.41 bits per heavy atom. The highest BCUT2D eigenvalue weighted by Gasteiger charge is 2.24. The van der Waals surface area contributed by atoms with E-state index in [0.717, 1.165) is 4.31 Å². The first kappa shape index (κ1) is 22.4. The molecule has 3 amide bonds. The number of hydrogen-bond acceptors (Lipinski definition) is 4. The van der Waals surface area contributed by atoms with E-state index in [4.69, 9.17) is 0 Å². The van der Waals surface area contributed by atoms with Crippen LogP contribution in [0, 0.1) is 5.92 Å². The van der Waals surface area contributed by atoms with Crippen molar-refractivity contribution >= 4 is 33.3 Å². The molecule has 8 nitrogen and oxygen atoms in total. The van der Waals surface area contributed by atoms with E-state index in [-0.39, 0.29) is 10.8 Å². The third-order valence-corrected chi connectivity index (χ3v) is 6.00. The van der Waals surface area contributed by atoms with Crippen molar-refractivity contribution in [2.45, 2.75) is 24.8 Å². The number of urea groups is 1. The lowest BCUT2D eigenvalue weighted by atomic mass is 10.0. The highest BCUT2D eigenvalue weighted by molar-refractivity contribution is 7.89. The molecule has 0 saturated heterocycles. The molecular weight excluding hydrogens is 392 g/mol. The number of carbonyl (C=O) groups is 2. The quantitative estimate of drug-likeness (QED) is 0.642. The van der Waals surface area contributed by atoms with Gasteiger partial charge in [-0.3, -0.25) is 4.79 Å². The molecule has 0 heterocycles. The molecule has 0 saturated carbocycles. The summed E-state index contributed by atoms with van der Waals surface area (Å²) < 4.78 is 25.4. The van der Waals surface area contributed by atoms with E-state index >= 15 is 0 Å². The predicted octanol–water partition coefficient (Wildman–Crippen LogP) is 2.72. The highest BCUT2D eigenvalue weighted by atomic mass is 32.2. The average molecular weight is 419 g/mol. The van der Waals surface area contributed by atoms with Crippen molar-refractivity contribution in [3.8, 4) is 0 Å². The van der Waals surface area contributed by atoms with Crippen LogP contribution in [0.4, 0.5) is 16.2 Å². The van der Waals surface area contributed by atoms with Gasteiger partial charge in [0.05, 0.1) is 4.90 Å². The fourth-order valence-electron chi connectivity index (χ4n) is 2.51. The lowest BCUT2D eigenvalue weighted by Crippen LogP contribution is -2.48. The Morgan fingerprint density at radius 3 is 1.93 bits per heavy atom. The van der Waals surface area contributed by atoms with Crippen LogP contribution in [0.5, 0.6) is 0 Å². The number of sulfonamides is 1. The molecule has 0 aromatic heterocycles. The van der Waals surface area contributed by atoms with Crippen LogP contribution in [-0.2, 0) is 14.8 Å². The Morgan fingerprint density at radius 1 is 0.862 bits per heavy atom. The van der Waals surface area contributed by atoms with Gasteiger partial charge in [-0.2, -0.15) is 0 Å². The molecule has 1 atom stereocenters. The third-order valence-electron chi connectivity index (χ3n) is 4.17. The molecule has 3 N–H and O–H groups in total. The average Bonchev–Trinajstić information content (AvgIpc) is 2.67. The fourth-order valence-corrected chi connectivity index (χ4v) is 3.41. The number of rotatable bonds is 7. The molecule has 0 unspecified atom stereocenters. The van der Waals surface area contributed by atoms with Crippen molar-refractivity contribution in [2.24, 2.45) is 5.92 Å². The van der Waals surface area contributed by atoms with Gasteiger partial charge in [0, 0.05) is 25.5 Å². The van der Waals surface area contributed by atoms with Gasteiger partial charge in [-0.15, -0.1) is 0 Å². The summed E-state index contributed by atoms with van der Waals surface area (Å²) in [4.78, 5) is 25.0. The summed E-state index contributed by atoms with van der Waals surface area (Å²) in [5, 5.41) is 8.06. The molecule has 2 rings (SSSR count). The van der Waals surface area contributed by atoms with Gasteiger partial charge < -0.3 is 16.0 Å². The third kappa shape index (κ3) is 6.03. The molecule has 29 heavy (non-hydrogen) atoms. The van der Waals surface area contributed by atoms with Gasteiger partial charge in [0.15, 0.2) is 0 Å². The van der Waals surface area contributed by atoms with Gasteiger partial charge in [0.2, 0.25) is 15.9 Å². The molecule has 2 aromatic carbocycles.